The van der Waals surface area contributed by atoms with E-state index in [4.69, 9.17) is 0 Å². The van der Waals surface area contributed by atoms with E-state index in [1.54, 1.807) is 0 Å². The molecule has 0 aromatic heterocycles. The lowest BCUT2D eigenvalue weighted by Crippen LogP contribution is -1.79. The second kappa shape index (κ2) is 4.44. The quantitative estimate of drug-likeness (QED) is 0.479. The van der Waals surface area contributed by atoms with E-state index >= 15 is 0 Å². The molecule has 0 aliphatic rings. The molecule has 0 spiro atoms. The van der Waals surface area contributed by atoms with Crippen LogP contribution in [-0.4, -0.2) is 13.1 Å². The summed E-state index contributed by atoms with van der Waals surface area (Å²) >= 11 is 0. The van der Waals surface area contributed by atoms with Crippen molar-refractivity contribution in [3.63, 3.8) is 0 Å². The molecule has 0 saturated carbocycles. The lowest BCUT2D eigenvalue weighted by molar-refractivity contribution is 1.13. The lowest BCUT2D eigenvalue weighted by atomic mass is 10.1. The van der Waals surface area contributed by atoms with Gasteiger partial charge in [-0.15, -0.1) is 0 Å². The summed E-state index contributed by atoms with van der Waals surface area (Å²) in [6.07, 6.45) is 2.46. The van der Waals surface area contributed by atoms with Crippen LogP contribution < -0.4 is 0 Å². The molecule has 1 rings (SSSR count). The maximum atomic E-state index is 4.14. The Labute approximate surface area is 72.7 Å². The average Bonchev–Trinajstić information content (AvgIpc) is 2.15. The number of para-hydroxylation sites is 1. The smallest absolute Gasteiger partial charge is 0.115 e. The molecule has 0 heterocycles. The van der Waals surface area contributed by atoms with Crippen LogP contribution in [0.1, 0.15) is 12.5 Å². The molecule has 0 N–H and O–H groups in total. The van der Waals surface area contributed by atoms with E-state index in [1.165, 1.54) is 11.9 Å². The normalized spacial score (nSPS) is 10.4. The summed E-state index contributed by atoms with van der Waals surface area (Å²) in [5.74, 6) is 0. The number of hydrogen-bond acceptors (Lipinski definition) is 1. The zero-order valence-corrected chi connectivity index (χ0v) is 7.20. The van der Waals surface area contributed by atoms with Crippen molar-refractivity contribution in [1.29, 1.82) is 0 Å². The molecule has 0 radical (unpaired) electrons. The van der Waals surface area contributed by atoms with Crippen LogP contribution in [-0.2, 0) is 6.42 Å². The first kappa shape index (κ1) is 8.65. The topological polar surface area (TPSA) is 24.7 Å². The Hall–Kier alpha value is -1.44. The molecule has 2 nitrogen and oxygen atoms in total. The lowest BCUT2D eigenvalue weighted by Gasteiger charge is -1.99. The highest BCUT2D eigenvalue weighted by Crippen LogP contribution is 2.18. The minimum absolute atomic E-state index is 0.979. The van der Waals surface area contributed by atoms with Gasteiger partial charge in [0.1, 0.15) is 6.34 Å². The van der Waals surface area contributed by atoms with Crippen LogP contribution >= 0.6 is 0 Å². The average molecular weight is 160 g/mol. The van der Waals surface area contributed by atoms with E-state index in [2.05, 4.69) is 29.7 Å². The molecule has 0 aliphatic carbocycles. The predicted molar refractivity (Wildman–Crippen MR) is 53.5 cm³/mol. The molecule has 0 bridgehead atoms. The first-order valence-electron chi connectivity index (χ1n) is 3.94. The van der Waals surface area contributed by atoms with Crippen molar-refractivity contribution < 1.29 is 0 Å². The molecule has 0 atom stereocenters. The van der Waals surface area contributed by atoms with E-state index < -0.39 is 0 Å². The van der Waals surface area contributed by atoms with Gasteiger partial charge in [-0.1, -0.05) is 25.1 Å². The monoisotopic (exact) mass is 160 g/mol. The number of hydrogen-bond donors (Lipinski definition) is 0. The fraction of sp³-hybridized carbons (Fsp3) is 0.200. The van der Waals surface area contributed by atoms with Gasteiger partial charge in [-0.25, -0.2) is 4.99 Å². The molecule has 12 heavy (non-hydrogen) atoms. The van der Waals surface area contributed by atoms with Crippen molar-refractivity contribution in [1.82, 2.24) is 0 Å². The van der Waals surface area contributed by atoms with E-state index in [9.17, 15) is 0 Å². The van der Waals surface area contributed by atoms with E-state index in [0.717, 1.165) is 12.1 Å². The maximum absolute atomic E-state index is 4.14. The zero-order valence-electron chi connectivity index (χ0n) is 7.20. The fourth-order valence-corrected chi connectivity index (χ4v) is 1.04. The van der Waals surface area contributed by atoms with Crippen LogP contribution in [0, 0.1) is 0 Å². The summed E-state index contributed by atoms with van der Waals surface area (Å²) in [7, 11) is 0. The number of benzene rings is 1. The number of aliphatic imine (C=N–C) groups is 2. The maximum Gasteiger partial charge on any atom is 0.115 e. The molecule has 0 saturated heterocycles. The van der Waals surface area contributed by atoms with Gasteiger partial charge in [0, 0.05) is 0 Å². The second-order valence-electron chi connectivity index (χ2n) is 2.41. The Kier molecular flexibility index (Phi) is 3.20. The van der Waals surface area contributed by atoms with Crippen LogP contribution in [0.15, 0.2) is 34.3 Å². The first-order valence-corrected chi connectivity index (χ1v) is 3.94. The van der Waals surface area contributed by atoms with Crippen molar-refractivity contribution >= 4 is 18.7 Å². The molecule has 2 heteroatoms. The molecule has 0 fully saturated rings. The van der Waals surface area contributed by atoms with Gasteiger partial charge in [-0.2, -0.15) is 0 Å². The zero-order chi connectivity index (χ0) is 8.81. The SMILES string of the molecule is C=N/C=N\c1ccccc1CC. The highest BCUT2D eigenvalue weighted by Gasteiger charge is 1.94. The van der Waals surface area contributed by atoms with Crippen LogP contribution in [0.2, 0.25) is 0 Å². The molecule has 62 valence electrons. The first-order chi connectivity index (χ1) is 5.88. The van der Waals surface area contributed by atoms with Gasteiger partial charge in [0.2, 0.25) is 0 Å². The third-order valence-corrected chi connectivity index (χ3v) is 1.65. The number of nitrogens with zero attached hydrogens (tertiary/aromatic N) is 2. The third kappa shape index (κ3) is 2.02. The van der Waals surface area contributed by atoms with Crippen molar-refractivity contribution in [3.05, 3.63) is 29.8 Å². The second-order valence-corrected chi connectivity index (χ2v) is 2.41. The molecular weight excluding hydrogens is 148 g/mol. The van der Waals surface area contributed by atoms with Crippen LogP contribution in [0.5, 0.6) is 0 Å². The number of aryl methyl sites for hydroxylation is 1. The summed E-state index contributed by atoms with van der Waals surface area (Å²) in [5, 5.41) is 0. The van der Waals surface area contributed by atoms with E-state index in [1.807, 2.05) is 18.2 Å². The van der Waals surface area contributed by atoms with Crippen LogP contribution in [0.4, 0.5) is 5.69 Å². The standard InChI is InChI=1S/C10H12N2/c1-3-9-6-4-5-7-10(9)12-8-11-2/h4-8H,2-3H2,1H3/b12-8-. The summed E-state index contributed by atoms with van der Waals surface area (Å²) in [6.45, 7) is 5.44. The molecular formula is C10H12N2. The van der Waals surface area contributed by atoms with Gasteiger partial charge in [0.05, 0.1) is 5.69 Å². The molecule has 0 aliphatic heterocycles. The molecule has 1 aromatic rings. The Morgan fingerprint density at radius 3 is 2.83 bits per heavy atom. The minimum Gasteiger partial charge on any atom is -0.253 e. The van der Waals surface area contributed by atoms with Gasteiger partial charge in [0.25, 0.3) is 0 Å². The van der Waals surface area contributed by atoms with Gasteiger partial charge in [0.15, 0.2) is 0 Å². The van der Waals surface area contributed by atoms with Gasteiger partial charge < -0.3 is 0 Å². The molecule has 0 unspecified atom stereocenters. The molecule has 1 aromatic carbocycles. The van der Waals surface area contributed by atoms with Gasteiger partial charge >= 0.3 is 0 Å². The van der Waals surface area contributed by atoms with Crippen molar-refractivity contribution in [2.45, 2.75) is 13.3 Å². The molecule has 0 amide bonds. The summed E-state index contributed by atoms with van der Waals surface area (Å²) in [4.78, 5) is 7.71. The number of rotatable bonds is 3. The minimum atomic E-state index is 0.979. The Morgan fingerprint density at radius 2 is 2.17 bits per heavy atom. The van der Waals surface area contributed by atoms with Gasteiger partial charge in [-0.05, 0) is 24.8 Å². The van der Waals surface area contributed by atoms with Gasteiger partial charge in [-0.3, -0.25) is 4.99 Å². The fourth-order valence-electron chi connectivity index (χ4n) is 1.04. The van der Waals surface area contributed by atoms with Crippen molar-refractivity contribution in [2.75, 3.05) is 0 Å². The van der Waals surface area contributed by atoms with Crippen LogP contribution in [0.3, 0.4) is 0 Å². The highest BCUT2D eigenvalue weighted by atomic mass is 14.8. The van der Waals surface area contributed by atoms with E-state index in [-0.39, 0.29) is 0 Å². The van der Waals surface area contributed by atoms with E-state index in [0.29, 0.717) is 0 Å². The Bertz CT molecular complexity index is 290. The Balaban J connectivity index is 2.96. The Morgan fingerprint density at radius 1 is 1.42 bits per heavy atom. The summed E-state index contributed by atoms with van der Waals surface area (Å²) < 4.78 is 0. The predicted octanol–water partition coefficient (Wildman–Crippen LogP) is 2.61. The summed E-state index contributed by atoms with van der Waals surface area (Å²) in [6, 6.07) is 8.02. The van der Waals surface area contributed by atoms with Crippen molar-refractivity contribution in [3.8, 4) is 0 Å². The van der Waals surface area contributed by atoms with Crippen LogP contribution in [0.25, 0.3) is 0 Å². The summed E-state index contributed by atoms with van der Waals surface area (Å²) in [5.41, 5.74) is 2.21. The third-order valence-electron chi connectivity index (χ3n) is 1.65. The highest BCUT2D eigenvalue weighted by molar-refractivity contribution is 5.67. The van der Waals surface area contributed by atoms with Crippen molar-refractivity contribution in [2.24, 2.45) is 9.98 Å². The largest absolute Gasteiger partial charge is 0.253 e.